The van der Waals surface area contributed by atoms with E-state index in [-0.39, 0.29) is 29.0 Å². The van der Waals surface area contributed by atoms with E-state index < -0.39 is 0 Å². The van der Waals surface area contributed by atoms with Crippen molar-refractivity contribution in [3.63, 3.8) is 0 Å². The second-order valence-corrected chi connectivity index (χ2v) is 8.50. The van der Waals surface area contributed by atoms with Crippen molar-refractivity contribution >= 4 is 21.8 Å². The lowest BCUT2D eigenvalue weighted by Crippen LogP contribution is -2.45. The molecule has 1 aromatic rings. The van der Waals surface area contributed by atoms with Gasteiger partial charge in [-0.3, -0.25) is 9.59 Å². The molecule has 0 atom stereocenters. The largest absolute Gasteiger partial charge is 0.489 e. The first-order valence-corrected chi connectivity index (χ1v) is 9.19. The molecule has 0 bridgehead atoms. The number of pyridine rings is 1. The number of carbonyl (C=O) groups excluding carboxylic acids is 1. The minimum atomic E-state index is -0.350. The van der Waals surface area contributed by atoms with Crippen LogP contribution in [0.15, 0.2) is 21.5 Å². The topological polar surface area (TPSA) is 51.5 Å². The maximum absolute atomic E-state index is 12.4. The van der Waals surface area contributed by atoms with E-state index in [0.717, 1.165) is 30.2 Å². The zero-order valence-electron chi connectivity index (χ0n) is 15.1. The first kappa shape index (κ1) is 19.0. The van der Waals surface area contributed by atoms with Crippen LogP contribution >= 0.6 is 15.9 Å². The van der Waals surface area contributed by atoms with Gasteiger partial charge in [-0.05, 0) is 41.6 Å². The van der Waals surface area contributed by atoms with Gasteiger partial charge in [-0.15, -0.1) is 0 Å². The molecule has 0 spiro atoms. The van der Waals surface area contributed by atoms with Crippen molar-refractivity contribution < 1.29 is 9.53 Å². The Morgan fingerprint density at radius 1 is 1.29 bits per heavy atom. The molecule has 0 aromatic carbocycles. The molecule has 6 heteroatoms. The lowest BCUT2D eigenvalue weighted by molar-refractivity contribution is -0.141. The molecule has 1 fully saturated rings. The molecule has 2 rings (SSSR count). The Kier molecular flexibility index (Phi) is 5.78. The van der Waals surface area contributed by atoms with Gasteiger partial charge in [0.15, 0.2) is 0 Å². The third-order valence-electron chi connectivity index (χ3n) is 4.59. The maximum atomic E-state index is 12.4. The van der Waals surface area contributed by atoms with Crippen LogP contribution in [0, 0.1) is 5.41 Å². The smallest absolute Gasteiger partial charge is 0.254 e. The van der Waals surface area contributed by atoms with Gasteiger partial charge in [-0.1, -0.05) is 20.8 Å². The first-order valence-electron chi connectivity index (χ1n) is 8.39. The standard InChI is InChI=1S/C18H27BrN2O3/c1-18(2,3)17(23)21(5)12-6-8-13(9-7-12)24-15-10-16(22)20(4)11-14(15)19/h10-13H,6-9H2,1-5H3. The monoisotopic (exact) mass is 398 g/mol. The number of halogens is 1. The SMILES string of the molecule is CN(C(=O)C(C)(C)C)C1CCC(Oc2cc(=O)n(C)cc2Br)CC1. The van der Waals surface area contributed by atoms with E-state index in [1.54, 1.807) is 13.2 Å². The van der Waals surface area contributed by atoms with Gasteiger partial charge < -0.3 is 14.2 Å². The van der Waals surface area contributed by atoms with Crippen LogP contribution in [-0.4, -0.2) is 34.6 Å². The summed E-state index contributed by atoms with van der Waals surface area (Å²) >= 11 is 3.45. The molecule has 0 N–H and O–H groups in total. The number of carbonyl (C=O) groups is 1. The van der Waals surface area contributed by atoms with Crippen LogP contribution in [0.1, 0.15) is 46.5 Å². The van der Waals surface area contributed by atoms with E-state index in [9.17, 15) is 9.59 Å². The van der Waals surface area contributed by atoms with Crippen molar-refractivity contribution in [3.8, 4) is 5.75 Å². The van der Waals surface area contributed by atoms with Crippen LogP contribution in [0.4, 0.5) is 0 Å². The molecule has 0 aliphatic heterocycles. The normalized spacial score (nSPS) is 21.4. The lowest BCUT2D eigenvalue weighted by atomic mass is 9.89. The molecule has 0 saturated heterocycles. The van der Waals surface area contributed by atoms with Crippen LogP contribution in [0.25, 0.3) is 0 Å². The highest BCUT2D eigenvalue weighted by molar-refractivity contribution is 9.10. The van der Waals surface area contributed by atoms with E-state index in [0.29, 0.717) is 5.75 Å². The summed E-state index contributed by atoms with van der Waals surface area (Å²) in [6, 6.07) is 1.79. The second kappa shape index (κ2) is 7.30. The summed E-state index contributed by atoms with van der Waals surface area (Å²) in [6.07, 6.45) is 5.42. The molecule has 1 aromatic heterocycles. The van der Waals surface area contributed by atoms with Gasteiger partial charge in [0.25, 0.3) is 5.56 Å². The molecule has 1 saturated carbocycles. The van der Waals surface area contributed by atoms with Crippen LogP contribution in [0.2, 0.25) is 0 Å². The Hall–Kier alpha value is -1.30. The molecule has 134 valence electrons. The molecule has 0 unspecified atom stereocenters. The summed E-state index contributed by atoms with van der Waals surface area (Å²) in [7, 11) is 3.61. The highest BCUT2D eigenvalue weighted by atomic mass is 79.9. The van der Waals surface area contributed by atoms with Gasteiger partial charge in [0, 0.05) is 37.8 Å². The fraction of sp³-hybridized carbons (Fsp3) is 0.667. The zero-order chi connectivity index (χ0) is 18.1. The molecule has 24 heavy (non-hydrogen) atoms. The Morgan fingerprint density at radius 3 is 2.42 bits per heavy atom. The Labute approximate surface area is 152 Å². The van der Waals surface area contributed by atoms with Gasteiger partial charge in [0.2, 0.25) is 5.91 Å². The maximum Gasteiger partial charge on any atom is 0.254 e. The molecule has 1 heterocycles. The fourth-order valence-corrected chi connectivity index (χ4v) is 3.61. The third kappa shape index (κ3) is 4.41. The van der Waals surface area contributed by atoms with Crippen LogP contribution < -0.4 is 10.3 Å². The minimum Gasteiger partial charge on any atom is -0.489 e. The number of hydrogen-bond acceptors (Lipinski definition) is 3. The van der Waals surface area contributed by atoms with E-state index >= 15 is 0 Å². The quantitative estimate of drug-likeness (QED) is 0.784. The van der Waals surface area contributed by atoms with Crippen LogP contribution in [-0.2, 0) is 11.8 Å². The summed E-state index contributed by atoms with van der Waals surface area (Å²) in [5, 5.41) is 0. The number of aryl methyl sites for hydroxylation is 1. The second-order valence-electron chi connectivity index (χ2n) is 7.65. The lowest BCUT2D eigenvalue weighted by Gasteiger charge is -2.37. The molecule has 1 amide bonds. The average molecular weight is 399 g/mol. The summed E-state index contributed by atoms with van der Waals surface area (Å²) < 4.78 is 8.31. The molecule has 1 aliphatic carbocycles. The highest BCUT2D eigenvalue weighted by Crippen LogP contribution is 2.30. The molecule has 5 nitrogen and oxygen atoms in total. The zero-order valence-corrected chi connectivity index (χ0v) is 16.7. The van der Waals surface area contributed by atoms with E-state index in [1.165, 1.54) is 10.6 Å². The van der Waals surface area contributed by atoms with Crippen molar-refractivity contribution in [1.29, 1.82) is 0 Å². The van der Waals surface area contributed by atoms with Gasteiger partial charge in [0.05, 0.1) is 10.6 Å². The summed E-state index contributed by atoms with van der Waals surface area (Å²) in [4.78, 5) is 26.1. The Morgan fingerprint density at radius 2 is 1.88 bits per heavy atom. The molecular formula is C18H27BrN2O3. The number of nitrogens with zero attached hydrogens (tertiary/aromatic N) is 2. The fourth-order valence-electron chi connectivity index (χ4n) is 3.10. The number of rotatable bonds is 3. The average Bonchev–Trinajstić information content (AvgIpc) is 2.51. The Balaban J connectivity index is 1.95. The molecule has 1 aliphatic rings. The number of ether oxygens (including phenoxy) is 1. The van der Waals surface area contributed by atoms with E-state index in [1.807, 2.05) is 32.7 Å². The van der Waals surface area contributed by atoms with Gasteiger partial charge in [-0.25, -0.2) is 0 Å². The predicted octanol–water partition coefficient (Wildman–Crippen LogP) is 3.34. The molecular weight excluding hydrogens is 372 g/mol. The van der Waals surface area contributed by atoms with E-state index in [2.05, 4.69) is 15.9 Å². The molecule has 0 radical (unpaired) electrons. The first-order chi connectivity index (χ1) is 11.1. The predicted molar refractivity (Wildman–Crippen MR) is 98.3 cm³/mol. The van der Waals surface area contributed by atoms with Gasteiger partial charge in [-0.2, -0.15) is 0 Å². The Bertz CT molecular complexity index is 655. The van der Waals surface area contributed by atoms with Crippen molar-refractivity contribution in [1.82, 2.24) is 9.47 Å². The minimum absolute atomic E-state index is 0.0857. The van der Waals surface area contributed by atoms with Gasteiger partial charge in [0.1, 0.15) is 5.75 Å². The summed E-state index contributed by atoms with van der Waals surface area (Å²) in [6.45, 7) is 5.86. The summed E-state index contributed by atoms with van der Waals surface area (Å²) in [5.74, 6) is 0.779. The number of amides is 1. The van der Waals surface area contributed by atoms with Crippen molar-refractivity contribution in [3.05, 3.63) is 27.1 Å². The van der Waals surface area contributed by atoms with Crippen LogP contribution in [0.3, 0.4) is 0 Å². The summed E-state index contributed by atoms with van der Waals surface area (Å²) in [5.41, 5.74) is -0.436. The van der Waals surface area contributed by atoms with Crippen LogP contribution in [0.5, 0.6) is 5.75 Å². The van der Waals surface area contributed by atoms with Gasteiger partial charge >= 0.3 is 0 Å². The third-order valence-corrected chi connectivity index (χ3v) is 5.19. The number of aromatic nitrogens is 1. The van der Waals surface area contributed by atoms with Crippen molar-refractivity contribution in [2.75, 3.05) is 7.05 Å². The highest BCUT2D eigenvalue weighted by Gasteiger charge is 2.32. The van der Waals surface area contributed by atoms with Crippen molar-refractivity contribution in [2.45, 2.75) is 58.6 Å². The number of hydrogen-bond donors (Lipinski definition) is 0. The van der Waals surface area contributed by atoms with E-state index in [4.69, 9.17) is 4.74 Å². The van der Waals surface area contributed by atoms with Crippen molar-refractivity contribution in [2.24, 2.45) is 12.5 Å².